The second-order valence-electron chi connectivity index (χ2n) is 7.56. The van der Waals surface area contributed by atoms with E-state index in [0.717, 1.165) is 58.8 Å². The monoisotopic (exact) mass is 411 g/mol. The molecule has 1 aromatic carbocycles. The highest BCUT2D eigenvalue weighted by Gasteiger charge is 2.23. The molecule has 1 atom stereocenters. The molecule has 2 aliphatic rings. The van der Waals surface area contributed by atoms with E-state index in [1.807, 2.05) is 0 Å². The van der Waals surface area contributed by atoms with Crippen LogP contribution in [0.1, 0.15) is 25.7 Å². The Balaban J connectivity index is 1.38. The highest BCUT2D eigenvalue weighted by molar-refractivity contribution is 7.84. The van der Waals surface area contributed by atoms with Gasteiger partial charge in [-0.25, -0.2) is 9.18 Å². The highest BCUT2D eigenvalue weighted by atomic mass is 32.2. The van der Waals surface area contributed by atoms with Gasteiger partial charge in [0.05, 0.1) is 28.9 Å². The number of nitrogens with zero attached hydrogens (tertiary/aromatic N) is 2. The molecule has 2 saturated heterocycles. The Morgan fingerprint density at radius 2 is 1.96 bits per heavy atom. The zero-order chi connectivity index (χ0) is 19.9. The van der Waals surface area contributed by atoms with E-state index >= 15 is 0 Å². The van der Waals surface area contributed by atoms with Crippen molar-refractivity contribution in [3.05, 3.63) is 24.0 Å². The van der Waals surface area contributed by atoms with E-state index in [1.165, 1.54) is 31.2 Å². The number of carbonyl (C=O) groups excluding carboxylic acids is 1. The fourth-order valence-corrected chi connectivity index (χ4v) is 4.46. The maximum atomic E-state index is 13.9. The van der Waals surface area contributed by atoms with Gasteiger partial charge in [0, 0.05) is 38.1 Å². The van der Waals surface area contributed by atoms with E-state index in [4.69, 9.17) is 4.74 Å². The minimum atomic E-state index is -1.38. The van der Waals surface area contributed by atoms with Crippen molar-refractivity contribution in [2.45, 2.75) is 30.6 Å². The van der Waals surface area contributed by atoms with Crippen LogP contribution in [0, 0.1) is 11.7 Å². The van der Waals surface area contributed by atoms with Crippen LogP contribution in [0.25, 0.3) is 0 Å². The van der Waals surface area contributed by atoms with Crippen molar-refractivity contribution in [3.8, 4) is 0 Å². The number of halogens is 1. The molecule has 2 aliphatic heterocycles. The fraction of sp³-hybridized carbons (Fsp3) is 0.650. The molecule has 0 radical (unpaired) electrons. The number of hydrogen-bond donors (Lipinski definition) is 1. The van der Waals surface area contributed by atoms with Gasteiger partial charge in [-0.3, -0.25) is 9.11 Å². The molecule has 1 N–H and O–H groups in total. The second-order valence-corrected chi connectivity index (χ2v) is 8.90. The molecule has 2 heterocycles. The first-order valence-corrected chi connectivity index (χ1v) is 11.6. The average Bonchev–Trinajstić information content (AvgIpc) is 2.69. The Morgan fingerprint density at radius 3 is 2.61 bits per heavy atom. The molecule has 1 aromatic rings. The zero-order valence-electron chi connectivity index (χ0n) is 16.5. The number of ether oxygens (including phenoxy) is 1. The number of likely N-dealkylation sites (tertiary alicyclic amines) is 1. The predicted molar refractivity (Wildman–Crippen MR) is 109 cm³/mol. The van der Waals surface area contributed by atoms with E-state index in [1.54, 1.807) is 11.0 Å². The molecule has 0 saturated carbocycles. The smallest absolute Gasteiger partial charge is 0.321 e. The van der Waals surface area contributed by atoms with Gasteiger partial charge < -0.3 is 15.0 Å². The Labute approximate surface area is 168 Å². The third kappa shape index (κ3) is 5.99. The maximum absolute atomic E-state index is 13.9. The quantitative estimate of drug-likeness (QED) is 0.782. The van der Waals surface area contributed by atoms with Crippen LogP contribution < -0.4 is 5.32 Å². The lowest BCUT2D eigenvalue weighted by Gasteiger charge is -2.33. The third-order valence-electron chi connectivity index (χ3n) is 5.59. The average molecular weight is 412 g/mol. The standard InChI is InChI=1S/C20H30FN3O3S/c1-28(26)19-5-4-17(15-18(19)21)22-20(25)24-9-6-16(7-10-24)3-2-8-23-11-13-27-14-12-23/h4-5,15-16H,2-3,6-14H2,1H3,(H,22,25)/t28-/m1/s1. The summed E-state index contributed by atoms with van der Waals surface area (Å²) in [5.41, 5.74) is 0.393. The molecule has 2 fully saturated rings. The van der Waals surface area contributed by atoms with Crippen LogP contribution >= 0.6 is 0 Å². The van der Waals surface area contributed by atoms with Crippen molar-refractivity contribution in [2.75, 3.05) is 57.5 Å². The molecule has 0 aromatic heterocycles. The van der Waals surface area contributed by atoms with Gasteiger partial charge in [-0.05, 0) is 56.3 Å². The number of rotatable bonds is 6. The first-order valence-electron chi connectivity index (χ1n) is 10.0. The number of benzene rings is 1. The Hall–Kier alpha value is -1.51. The fourth-order valence-electron chi connectivity index (χ4n) is 3.87. The summed E-state index contributed by atoms with van der Waals surface area (Å²) in [6.45, 7) is 6.35. The summed E-state index contributed by atoms with van der Waals surface area (Å²) >= 11 is 0. The molecule has 28 heavy (non-hydrogen) atoms. The van der Waals surface area contributed by atoms with Crippen LogP contribution in [0.4, 0.5) is 14.9 Å². The van der Waals surface area contributed by atoms with Crippen molar-refractivity contribution in [2.24, 2.45) is 5.92 Å². The lowest BCUT2D eigenvalue weighted by atomic mass is 9.92. The van der Waals surface area contributed by atoms with Gasteiger partial charge in [0.2, 0.25) is 0 Å². The summed E-state index contributed by atoms with van der Waals surface area (Å²) in [5.74, 6) is 0.110. The zero-order valence-corrected chi connectivity index (χ0v) is 17.3. The van der Waals surface area contributed by atoms with Gasteiger partial charge in [0.25, 0.3) is 0 Å². The third-order valence-corrected chi connectivity index (χ3v) is 6.54. The first-order chi connectivity index (χ1) is 13.5. The largest absolute Gasteiger partial charge is 0.379 e. The molecule has 2 amide bonds. The van der Waals surface area contributed by atoms with E-state index in [-0.39, 0.29) is 10.9 Å². The molecular formula is C20H30FN3O3S. The van der Waals surface area contributed by atoms with Crippen molar-refractivity contribution >= 4 is 22.5 Å². The van der Waals surface area contributed by atoms with Crippen LogP contribution in [0.2, 0.25) is 0 Å². The van der Waals surface area contributed by atoms with Crippen LogP contribution in [0.5, 0.6) is 0 Å². The molecule has 3 rings (SSSR count). The predicted octanol–water partition coefficient (Wildman–Crippen LogP) is 2.92. The van der Waals surface area contributed by atoms with E-state index in [2.05, 4.69) is 10.2 Å². The number of anilines is 1. The van der Waals surface area contributed by atoms with Crippen LogP contribution in [0.15, 0.2) is 23.1 Å². The minimum Gasteiger partial charge on any atom is -0.379 e. The molecule has 0 unspecified atom stereocenters. The molecule has 6 nitrogen and oxygen atoms in total. The van der Waals surface area contributed by atoms with Gasteiger partial charge in [0.15, 0.2) is 0 Å². The van der Waals surface area contributed by atoms with Gasteiger partial charge in [-0.15, -0.1) is 0 Å². The summed E-state index contributed by atoms with van der Waals surface area (Å²) in [7, 11) is -1.38. The van der Waals surface area contributed by atoms with Crippen LogP contribution in [-0.4, -0.2) is 72.2 Å². The van der Waals surface area contributed by atoms with Gasteiger partial charge >= 0.3 is 6.03 Å². The maximum Gasteiger partial charge on any atom is 0.321 e. The molecular weight excluding hydrogens is 381 g/mol. The molecule has 156 valence electrons. The Morgan fingerprint density at radius 1 is 1.25 bits per heavy atom. The SMILES string of the molecule is C[S@@](=O)c1ccc(NC(=O)N2CCC(CCCN3CCOCC3)CC2)cc1F. The summed E-state index contributed by atoms with van der Waals surface area (Å²) in [5, 5.41) is 2.75. The van der Waals surface area contributed by atoms with E-state index in [0.29, 0.717) is 11.6 Å². The van der Waals surface area contributed by atoms with Crippen LogP contribution in [0.3, 0.4) is 0 Å². The second kappa shape index (κ2) is 10.3. The number of carbonyl (C=O) groups is 1. The van der Waals surface area contributed by atoms with Gasteiger partial charge in [-0.1, -0.05) is 0 Å². The highest BCUT2D eigenvalue weighted by Crippen LogP contribution is 2.23. The Bertz CT molecular complexity index is 689. The van der Waals surface area contributed by atoms with Gasteiger partial charge in [0.1, 0.15) is 5.82 Å². The number of amides is 2. The minimum absolute atomic E-state index is 0.149. The number of urea groups is 1. The van der Waals surface area contributed by atoms with E-state index in [9.17, 15) is 13.4 Å². The normalized spacial score (nSPS) is 20.1. The summed E-state index contributed by atoms with van der Waals surface area (Å²) in [6.07, 6.45) is 5.86. The molecule has 0 spiro atoms. The van der Waals surface area contributed by atoms with Gasteiger partial charge in [-0.2, -0.15) is 0 Å². The summed E-state index contributed by atoms with van der Waals surface area (Å²) < 4.78 is 30.7. The molecule has 0 bridgehead atoms. The Kier molecular flexibility index (Phi) is 7.82. The lowest BCUT2D eigenvalue weighted by Crippen LogP contribution is -2.41. The van der Waals surface area contributed by atoms with E-state index < -0.39 is 16.6 Å². The van der Waals surface area contributed by atoms with Crippen LogP contribution in [-0.2, 0) is 15.5 Å². The lowest BCUT2D eigenvalue weighted by molar-refractivity contribution is 0.0363. The topological polar surface area (TPSA) is 61.9 Å². The summed E-state index contributed by atoms with van der Waals surface area (Å²) in [4.78, 5) is 16.8. The number of piperidine rings is 1. The van der Waals surface area contributed by atoms with Crippen molar-refractivity contribution < 1.29 is 18.1 Å². The molecule has 8 heteroatoms. The summed E-state index contributed by atoms with van der Waals surface area (Å²) in [6, 6.07) is 4.08. The van der Waals surface area contributed by atoms with Crippen molar-refractivity contribution in [1.29, 1.82) is 0 Å². The number of morpholine rings is 1. The number of hydrogen-bond acceptors (Lipinski definition) is 4. The van der Waals surface area contributed by atoms with Crippen molar-refractivity contribution in [3.63, 3.8) is 0 Å². The first kappa shape index (κ1) is 21.2. The number of nitrogens with one attached hydrogen (secondary N) is 1. The molecule has 0 aliphatic carbocycles. The van der Waals surface area contributed by atoms with Crippen molar-refractivity contribution in [1.82, 2.24) is 9.80 Å².